The highest BCUT2D eigenvalue weighted by atomic mass is 16.5. The molecule has 2 rings (SSSR count). The summed E-state index contributed by atoms with van der Waals surface area (Å²) in [5.41, 5.74) is 7.56. The van der Waals surface area contributed by atoms with Crippen LogP contribution in [0.2, 0.25) is 0 Å². The maximum atomic E-state index is 11.7. The van der Waals surface area contributed by atoms with Crippen LogP contribution in [-0.4, -0.2) is 68.5 Å². The Hall–Kier alpha value is -2.28. The molecule has 1 aliphatic rings. The average molecular weight is 348 g/mol. The van der Waals surface area contributed by atoms with Crippen LogP contribution in [0.4, 0.5) is 5.69 Å². The Morgan fingerprint density at radius 2 is 2.16 bits per heavy atom. The summed E-state index contributed by atoms with van der Waals surface area (Å²) < 4.78 is 5.29. The zero-order chi connectivity index (χ0) is 18.2. The van der Waals surface area contributed by atoms with Gasteiger partial charge in [0.25, 0.3) is 0 Å². The molecule has 1 aliphatic heterocycles. The summed E-state index contributed by atoms with van der Waals surface area (Å²) >= 11 is 0. The minimum atomic E-state index is -0.0221. The molecular weight excluding hydrogens is 320 g/mol. The Labute approximate surface area is 149 Å². The second kappa shape index (κ2) is 9.27. The number of anilines is 1. The number of amides is 2. The van der Waals surface area contributed by atoms with Gasteiger partial charge in [0.1, 0.15) is 5.75 Å². The summed E-state index contributed by atoms with van der Waals surface area (Å²) in [6, 6.07) is 6.06. The van der Waals surface area contributed by atoms with Gasteiger partial charge in [0.15, 0.2) is 0 Å². The number of benzene rings is 1. The first-order valence-corrected chi connectivity index (χ1v) is 8.66. The number of likely N-dealkylation sites (tertiary alicyclic amines) is 1. The summed E-state index contributed by atoms with van der Waals surface area (Å²) in [6.07, 6.45) is 3.25. The van der Waals surface area contributed by atoms with Crippen molar-refractivity contribution in [1.29, 1.82) is 0 Å². The average Bonchev–Trinajstić information content (AvgIpc) is 2.68. The number of nitrogens with one attached hydrogen (secondary N) is 1. The number of rotatable bonds is 8. The molecule has 0 bridgehead atoms. The lowest BCUT2D eigenvalue weighted by atomic mass is 10.0. The highest BCUT2D eigenvalue weighted by Gasteiger charge is 2.25. The van der Waals surface area contributed by atoms with Gasteiger partial charge in [0, 0.05) is 38.4 Å². The Balaban J connectivity index is 1.95. The summed E-state index contributed by atoms with van der Waals surface area (Å²) in [5.74, 6) is 0.784. The van der Waals surface area contributed by atoms with E-state index in [-0.39, 0.29) is 18.5 Å². The zero-order valence-corrected chi connectivity index (χ0v) is 15.0. The molecule has 0 aromatic heterocycles. The summed E-state index contributed by atoms with van der Waals surface area (Å²) in [7, 11) is 3.53. The molecule has 25 heavy (non-hydrogen) atoms. The molecule has 1 fully saturated rings. The van der Waals surface area contributed by atoms with Crippen molar-refractivity contribution in [3.05, 3.63) is 23.8 Å². The molecule has 0 atom stereocenters. The van der Waals surface area contributed by atoms with Crippen molar-refractivity contribution in [2.24, 2.45) is 5.73 Å². The van der Waals surface area contributed by atoms with Gasteiger partial charge in [0.05, 0.1) is 13.7 Å². The third kappa shape index (κ3) is 4.85. The van der Waals surface area contributed by atoms with E-state index in [1.807, 2.05) is 30.1 Å². The number of ether oxygens (including phenoxy) is 1. The van der Waals surface area contributed by atoms with Crippen LogP contribution in [0, 0.1) is 0 Å². The van der Waals surface area contributed by atoms with Crippen molar-refractivity contribution >= 4 is 18.0 Å². The lowest BCUT2D eigenvalue weighted by Crippen LogP contribution is -2.48. The number of hydrogen-bond donors (Lipinski definition) is 2. The van der Waals surface area contributed by atoms with Crippen LogP contribution in [0.3, 0.4) is 0 Å². The normalized spacial score (nSPS) is 14.9. The first-order valence-electron chi connectivity index (χ1n) is 8.66. The van der Waals surface area contributed by atoms with Crippen LogP contribution in [0.25, 0.3) is 0 Å². The lowest BCUT2D eigenvalue weighted by Gasteiger charge is -2.36. The summed E-state index contributed by atoms with van der Waals surface area (Å²) in [5, 5.41) is 3.17. The van der Waals surface area contributed by atoms with Gasteiger partial charge < -0.3 is 25.6 Å². The van der Waals surface area contributed by atoms with Crippen molar-refractivity contribution < 1.29 is 14.3 Å². The van der Waals surface area contributed by atoms with Crippen LogP contribution in [0.5, 0.6) is 5.75 Å². The van der Waals surface area contributed by atoms with Crippen LogP contribution >= 0.6 is 0 Å². The number of hydrogen-bond acceptors (Lipinski definition) is 5. The Morgan fingerprint density at radius 1 is 1.44 bits per heavy atom. The number of carbonyl (C=O) groups is 2. The smallest absolute Gasteiger partial charge is 0.236 e. The fraction of sp³-hybridized carbons (Fsp3) is 0.556. The first-order chi connectivity index (χ1) is 12.1. The van der Waals surface area contributed by atoms with Gasteiger partial charge in [-0.1, -0.05) is 0 Å². The van der Waals surface area contributed by atoms with Crippen LogP contribution in [0.1, 0.15) is 18.4 Å². The predicted molar refractivity (Wildman–Crippen MR) is 97.7 cm³/mol. The van der Waals surface area contributed by atoms with E-state index < -0.39 is 0 Å². The molecule has 2 amide bonds. The quantitative estimate of drug-likeness (QED) is 0.675. The predicted octanol–water partition coefficient (Wildman–Crippen LogP) is 0.688. The van der Waals surface area contributed by atoms with Crippen LogP contribution < -0.4 is 15.8 Å². The highest BCUT2D eigenvalue weighted by molar-refractivity contribution is 5.78. The van der Waals surface area contributed by atoms with Crippen LogP contribution in [-0.2, 0) is 16.0 Å². The molecular formula is C18H28N4O3. The minimum Gasteiger partial charge on any atom is -0.497 e. The molecule has 7 heteroatoms. The molecule has 3 N–H and O–H groups in total. The maximum absolute atomic E-state index is 11.7. The second-order valence-electron chi connectivity index (χ2n) is 6.18. The van der Waals surface area contributed by atoms with Crippen molar-refractivity contribution in [3.8, 4) is 5.75 Å². The number of nitrogens with zero attached hydrogens (tertiary/aromatic N) is 2. The van der Waals surface area contributed by atoms with E-state index in [0.29, 0.717) is 19.6 Å². The molecule has 1 saturated heterocycles. The SMILES string of the molecule is CNc1ccc(OC)cc1CCN(C=O)C1CCN(C(=O)CN)CC1. The lowest BCUT2D eigenvalue weighted by molar-refractivity contribution is -0.131. The molecule has 1 aromatic carbocycles. The van der Waals surface area contributed by atoms with E-state index in [1.165, 1.54) is 0 Å². The van der Waals surface area contributed by atoms with Crippen molar-refractivity contribution in [2.45, 2.75) is 25.3 Å². The molecule has 7 nitrogen and oxygen atoms in total. The van der Waals surface area contributed by atoms with Crippen molar-refractivity contribution in [1.82, 2.24) is 9.80 Å². The van der Waals surface area contributed by atoms with Gasteiger partial charge >= 0.3 is 0 Å². The molecule has 0 unspecified atom stereocenters. The standard InChI is InChI=1S/C18H28N4O3/c1-20-17-4-3-16(25-2)11-14(17)5-8-22(13-23)15-6-9-21(10-7-15)18(24)12-19/h3-4,11,13,15,20H,5-10,12,19H2,1-2H3. The molecule has 0 aliphatic carbocycles. The van der Waals surface area contributed by atoms with Gasteiger partial charge in [-0.2, -0.15) is 0 Å². The Bertz CT molecular complexity index is 586. The van der Waals surface area contributed by atoms with Gasteiger partial charge in [-0.15, -0.1) is 0 Å². The largest absolute Gasteiger partial charge is 0.497 e. The molecule has 0 spiro atoms. The Morgan fingerprint density at radius 3 is 2.72 bits per heavy atom. The van der Waals surface area contributed by atoms with Gasteiger partial charge in [-0.05, 0) is 43.0 Å². The van der Waals surface area contributed by atoms with Gasteiger partial charge in [0.2, 0.25) is 12.3 Å². The first kappa shape index (κ1) is 19.1. The van der Waals surface area contributed by atoms with Crippen molar-refractivity contribution in [2.75, 3.05) is 45.7 Å². The monoisotopic (exact) mass is 348 g/mol. The van der Waals surface area contributed by atoms with E-state index in [0.717, 1.165) is 42.7 Å². The van der Waals surface area contributed by atoms with E-state index in [4.69, 9.17) is 10.5 Å². The molecule has 138 valence electrons. The third-order valence-corrected chi connectivity index (χ3v) is 4.82. The van der Waals surface area contributed by atoms with E-state index >= 15 is 0 Å². The number of methoxy groups -OCH3 is 1. The van der Waals surface area contributed by atoms with Crippen molar-refractivity contribution in [3.63, 3.8) is 0 Å². The third-order valence-electron chi connectivity index (χ3n) is 4.82. The Kier molecular flexibility index (Phi) is 7.06. The minimum absolute atomic E-state index is 0.0221. The number of carbonyl (C=O) groups excluding carboxylic acids is 2. The van der Waals surface area contributed by atoms with Gasteiger partial charge in [-0.25, -0.2) is 0 Å². The van der Waals surface area contributed by atoms with E-state index in [9.17, 15) is 9.59 Å². The molecule has 1 aromatic rings. The van der Waals surface area contributed by atoms with E-state index in [2.05, 4.69) is 5.32 Å². The topological polar surface area (TPSA) is 87.9 Å². The summed E-state index contributed by atoms with van der Waals surface area (Å²) in [6.45, 7) is 2.00. The fourth-order valence-corrected chi connectivity index (χ4v) is 3.29. The fourth-order valence-electron chi connectivity index (χ4n) is 3.29. The second-order valence-corrected chi connectivity index (χ2v) is 6.18. The zero-order valence-electron chi connectivity index (χ0n) is 15.0. The summed E-state index contributed by atoms with van der Waals surface area (Å²) in [4.78, 5) is 26.8. The number of piperidine rings is 1. The molecule has 0 radical (unpaired) electrons. The molecule has 0 saturated carbocycles. The highest BCUT2D eigenvalue weighted by Crippen LogP contribution is 2.23. The number of nitrogens with two attached hydrogens (primary N) is 1. The molecule has 1 heterocycles. The van der Waals surface area contributed by atoms with Crippen LogP contribution in [0.15, 0.2) is 18.2 Å². The maximum Gasteiger partial charge on any atom is 0.236 e. The van der Waals surface area contributed by atoms with Gasteiger partial charge in [-0.3, -0.25) is 9.59 Å². The van der Waals surface area contributed by atoms with E-state index in [1.54, 1.807) is 12.0 Å².